The van der Waals surface area contributed by atoms with Gasteiger partial charge in [0.15, 0.2) is 11.0 Å². The van der Waals surface area contributed by atoms with E-state index in [2.05, 4.69) is 31.9 Å². The first-order valence-electron chi connectivity index (χ1n) is 8.60. The maximum absolute atomic E-state index is 5.92. The van der Waals surface area contributed by atoms with Crippen molar-refractivity contribution in [1.82, 2.24) is 19.7 Å². The van der Waals surface area contributed by atoms with Crippen molar-refractivity contribution in [3.63, 3.8) is 0 Å². The highest BCUT2D eigenvalue weighted by Gasteiger charge is 2.13. The summed E-state index contributed by atoms with van der Waals surface area (Å²) in [4.78, 5) is 2.44. The van der Waals surface area contributed by atoms with Gasteiger partial charge < -0.3 is 14.6 Å². The molecule has 8 heteroatoms. The second kappa shape index (κ2) is 9.43. The molecule has 1 aliphatic rings. The average molecular weight is 382 g/mol. The van der Waals surface area contributed by atoms with Crippen LogP contribution in [0.5, 0.6) is 0 Å². The number of halogens is 1. The van der Waals surface area contributed by atoms with Crippen LogP contribution in [0.1, 0.15) is 12.7 Å². The molecule has 0 amide bonds. The maximum atomic E-state index is 5.92. The van der Waals surface area contributed by atoms with Gasteiger partial charge in [0.1, 0.15) is 0 Å². The van der Waals surface area contributed by atoms with E-state index in [-0.39, 0.29) is 0 Å². The summed E-state index contributed by atoms with van der Waals surface area (Å²) in [7, 11) is 0. The lowest BCUT2D eigenvalue weighted by molar-refractivity contribution is 0.0410. The third-order valence-electron chi connectivity index (χ3n) is 4.15. The summed E-state index contributed by atoms with van der Waals surface area (Å²) < 4.78 is 7.56. The van der Waals surface area contributed by atoms with E-state index in [1.807, 2.05) is 24.3 Å². The molecule has 2 heterocycles. The maximum Gasteiger partial charge on any atom is 0.191 e. The van der Waals surface area contributed by atoms with Gasteiger partial charge in [-0.3, -0.25) is 4.90 Å². The summed E-state index contributed by atoms with van der Waals surface area (Å²) in [6, 6.07) is 7.68. The van der Waals surface area contributed by atoms with E-state index in [1.54, 1.807) is 11.8 Å². The Labute approximate surface area is 157 Å². The molecule has 1 fully saturated rings. The quantitative estimate of drug-likeness (QED) is 0.709. The molecule has 0 bridgehead atoms. The molecule has 0 radical (unpaired) electrons. The van der Waals surface area contributed by atoms with Crippen molar-refractivity contribution >= 4 is 29.1 Å². The van der Waals surface area contributed by atoms with E-state index in [0.717, 1.165) is 66.8 Å². The molecular weight excluding hydrogens is 358 g/mol. The number of hydrogen-bond donors (Lipinski definition) is 1. The predicted octanol–water partition coefficient (Wildman–Crippen LogP) is 2.99. The first kappa shape index (κ1) is 18.5. The third-order valence-corrected chi connectivity index (χ3v) is 5.35. The van der Waals surface area contributed by atoms with Crippen molar-refractivity contribution in [2.45, 2.75) is 25.2 Å². The Morgan fingerprint density at radius 3 is 2.68 bits per heavy atom. The molecule has 1 N–H and O–H groups in total. The highest BCUT2D eigenvalue weighted by Crippen LogP contribution is 2.19. The number of aromatic nitrogens is 3. The number of ether oxygens (including phenoxy) is 1. The number of thioether (sulfide) groups is 1. The van der Waals surface area contributed by atoms with Crippen molar-refractivity contribution in [3.05, 3.63) is 35.1 Å². The summed E-state index contributed by atoms with van der Waals surface area (Å²) in [5.41, 5.74) is 1.02. The molecule has 2 aromatic rings. The van der Waals surface area contributed by atoms with Gasteiger partial charge in [0.05, 0.1) is 19.8 Å². The highest BCUT2D eigenvalue weighted by molar-refractivity contribution is 7.99. The van der Waals surface area contributed by atoms with E-state index in [1.165, 1.54) is 0 Å². The first-order valence-corrected chi connectivity index (χ1v) is 9.97. The Balaban J connectivity index is 1.52. The molecule has 0 spiro atoms. The van der Waals surface area contributed by atoms with Crippen LogP contribution < -0.4 is 5.32 Å². The second-order valence-corrected chi connectivity index (χ2v) is 7.30. The predicted molar refractivity (Wildman–Crippen MR) is 102 cm³/mol. The van der Waals surface area contributed by atoms with Gasteiger partial charge in [-0.1, -0.05) is 23.4 Å². The molecule has 0 aliphatic carbocycles. The van der Waals surface area contributed by atoms with Gasteiger partial charge in [0.2, 0.25) is 0 Å². The van der Waals surface area contributed by atoms with Crippen molar-refractivity contribution < 1.29 is 4.74 Å². The van der Waals surface area contributed by atoms with Crippen molar-refractivity contribution in [3.8, 4) is 0 Å². The van der Waals surface area contributed by atoms with Crippen molar-refractivity contribution in [2.75, 3.05) is 43.9 Å². The fraction of sp³-hybridized carbons (Fsp3) is 0.529. The number of nitrogens with zero attached hydrogens (tertiary/aromatic N) is 4. The molecule has 6 nitrogen and oxygen atoms in total. The lowest BCUT2D eigenvalue weighted by atomic mass is 10.3. The summed E-state index contributed by atoms with van der Waals surface area (Å²) in [6.45, 7) is 8.43. The van der Waals surface area contributed by atoms with Crippen molar-refractivity contribution in [1.29, 1.82) is 0 Å². The van der Waals surface area contributed by atoms with Gasteiger partial charge in [0, 0.05) is 42.6 Å². The lowest BCUT2D eigenvalue weighted by Crippen LogP contribution is -2.37. The van der Waals surface area contributed by atoms with Gasteiger partial charge in [-0.25, -0.2) is 0 Å². The zero-order chi connectivity index (χ0) is 17.5. The van der Waals surface area contributed by atoms with E-state index in [4.69, 9.17) is 16.3 Å². The minimum atomic E-state index is 0.645. The highest BCUT2D eigenvalue weighted by atomic mass is 35.5. The van der Waals surface area contributed by atoms with Crippen LogP contribution >= 0.6 is 23.4 Å². The molecule has 0 atom stereocenters. The summed E-state index contributed by atoms with van der Waals surface area (Å²) in [5, 5.41) is 13.8. The smallest absolute Gasteiger partial charge is 0.191 e. The lowest BCUT2D eigenvalue weighted by Gasteiger charge is -2.26. The Kier molecular flexibility index (Phi) is 6.98. The fourth-order valence-electron chi connectivity index (χ4n) is 2.71. The van der Waals surface area contributed by atoms with Crippen molar-refractivity contribution in [2.24, 2.45) is 0 Å². The van der Waals surface area contributed by atoms with Crippen LogP contribution in [-0.2, 0) is 17.8 Å². The number of anilines is 1. The molecule has 1 aromatic heterocycles. The van der Waals surface area contributed by atoms with Crippen LogP contribution in [0.25, 0.3) is 0 Å². The van der Waals surface area contributed by atoms with Crippen LogP contribution in [-0.4, -0.2) is 58.3 Å². The first-order chi connectivity index (χ1) is 12.3. The van der Waals surface area contributed by atoms with Crippen LogP contribution in [0.3, 0.4) is 0 Å². The van der Waals surface area contributed by atoms with Gasteiger partial charge in [0.25, 0.3) is 0 Å². The number of morpholine rings is 1. The molecule has 1 saturated heterocycles. The number of benzene rings is 1. The second-order valence-electron chi connectivity index (χ2n) is 5.81. The van der Waals surface area contributed by atoms with Gasteiger partial charge in [-0.15, -0.1) is 10.2 Å². The normalized spacial score (nSPS) is 15.4. The Hall–Kier alpha value is -1.28. The SMILES string of the molecule is CCn1c(CNc2ccc(Cl)cc2)nnc1SCCN1CCOCC1. The van der Waals surface area contributed by atoms with E-state index >= 15 is 0 Å². The molecule has 3 rings (SSSR count). The van der Waals surface area contributed by atoms with E-state index in [9.17, 15) is 0 Å². The molecule has 136 valence electrons. The molecule has 0 unspecified atom stereocenters. The fourth-order valence-corrected chi connectivity index (χ4v) is 3.86. The molecule has 1 aromatic carbocycles. The van der Waals surface area contributed by atoms with Crippen LogP contribution in [0, 0.1) is 0 Å². The Morgan fingerprint density at radius 2 is 1.96 bits per heavy atom. The van der Waals surface area contributed by atoms with Crippen LogP contribution in [0.15, 0.2) is 29.4 Å². The number of nitrogens with one attached hydrogen (secondary N) is 1. The van der Waals surface area contributed by atoms with Crippen LogP contribution in [0.2, 0.25) is 5.02 Å². The summed E-state index contributed by atoms with van der Waals surface area (Å²) in [5.74, 6) is 1.97. The van der Waals surface area contributed by atoms with Crippen LogP contribution in [0.4, 0.5) is 5.69 Å². The molecule has 25 heavy (non-hydrogen) atoms. The van der Waals surface area contributed by atoms with E-state index in [0.29, 0.717) is 6.54 Å². The minimum Gasteiger partial charge on any atom is -0.379 e. The monoisotopic (exact) mass is 381 g/mol. The largest absolute Gasteiger partial charge is 0.379 e. The van der Waals surface area contributed by atoms with E-state index < -0.39 is 0 Å². The summed E-state index contributed by atoms with van der Waals surface area (Å²) >= 11 is 7.69. The minimum absolute atomic E-state index is 0.645. The van der Waals surface area contributed by atoms with Gasteiger partial charge in [-0.05, 0) is 31.2 Å². The van der Waals surface area contributed by atoms with Gasteiger partial charge in [-0.2, -0.15) is 0 Å². The molecule has 1 aliphatic heterocycles. The zero-order valence-electron chi connectivity index (χ0n) is 14.4. The Morgan fingerprint density at radius 1 is 1.20 bits per heavy atom. The summed E-state index contributed by atoms with van der Waals surface area (Å²) in [6.07, 6.45) is 0. The standard InChI is InChI=1S/C17H24ClN5OS/c1-2-23-16(13-19-15-5-3-14(18)4-6-15)20-21-17(23)25-12-9-22-7-10-24-11-8-22/h3-6,19H,2,7-13H2,1H3. The number of rotatable bonds is 8. The van der Waals surface area contributed by atoms with Gasteiger partial charge >= 0.3 is 0 Å². The third kappa shape index (κ3) is 5.34. The average Bonchev–Trinajstić information content (AvgIpc) is 3.04. The Bertz CT molecular complexity index is 658. The zero-order valence-corrected chi connectivity index (χ0v) is 16.0. The molecule has 0 saturated carbocycles. The molecular formula is C17H24ClN5OS. The topological polar surface area (TPSA) is 55.2 Å². The number of hydrogen-bond acceptors (Lipinski definition) is 6.